The van der Waals surface area contributed by atoms with Crippen LogP contribution in [-0.4, -0.2) is 55.6 Å². The molecule has 5 heteroatoms. The van der Waals surface area contributed by atoms with Crippen molar-refractivity contribution in [1.29, 1.82) is 0 Å². The Balaban J connectivity index is 1.18. The summed E-state index contributed by atoms with van der Waals surface area (Å²) in [6.45, 7) is 3.72. The molecule has 1 aliphatic heterocycles. The van der Waals surface area contributed by atoms with Crippen LogP contribution in [0.1, 0.15) is 56.4 Å². The number of carbonyl (C=O) groups is 1. The number of nitrogens with one attached hydrogen (secondary N) is 1. The van der Waals surface area contributed by atoms with Gasteiger partial charge >= 0.3 is 6.03 Å². The monoisotopic (exact) mass is 413 g/mol. The van der Waals surface area contributed by atoms with E-state index in [4.69, 9.17) is 0 Å². The van der Waals surface area contributed by atoms with E-state index in [1.807, 2.05) is 25.4 Å². The van der Waals surface area contributed by atoms with Gasteiger partial charge in [-0.05, 0) is 98.8 Å². The number of urea groups is 1. The predicted octanol–water partition coefficient (Wildman–Crippen LogP) is 5.30. The number of carbonyl (C=O) groups excluding carboxylic acids is 1. The molecule has 2 amide bonds. The zero-order valence-corrected chi connectivity index (χ0v) is 18.7. The van der Waals surface area contributed by atoms with E-state index < -0.39 is 0 Å². The lowest BCUT2D eigenvalue weighted by atomic mass is 9.83. The molecule has 4 rings (SSSR count). The standard InChI is InChI=1S/C24H35N3OS/c1-26(2)24(28)25-21-8-6-18(7-9-21)10-14-27-15-11-19(12-16-27)22-5-3-4-20-13-17-29-23(20)22/h3-5,13,17-19,21H,6-12,14-16H2,1-2H3,(H,25,28). The van der Waals surface area contributed by atoms with Crippen LogP contribution >= 0.6 is 11.3 Å². The van der Waals surface area contributed by atoms with Crippen LogP contribution in [0.25, 0.3) is 10.1 Å². The van der Waals surface area contributed by atoms with Gasteiger partial charge in [-0.25, -0.2) is 4.79 Å². The van der Waals surface area contributed by atoms with Crippen molar-refractivity contribution in [3.8, 4) is 0 Å². The smallest absolute Gasteiger partial charge is 0.317 e. The van der Waals surface area contributed by atoms with Gasteiger partial charge in [-0.2, -0.15) is 0 Å². The van der Waals surface area contributed by atoms with Crippen LogP contribution < -0.4 is 5.32 Å². The lowest BCUT2D eigenvalue weighted by molar-refractivity contribution is 0.180. The largest absolute Gasteiger partial charge is 0.335 e. The summed E-state index contributed by atoms with van der Waals surface area (Å²) in [7, 11) is 3.62. The minimum atomic E-state index is 0.0505. The summed E-state index contributed by atoms with van der Waals surface area (Å²) in [4.78, 5) is 16.1. The maximum absolute atomic E-state index is 11.8. The second-order valence-corrected chi connectivity index (χ2v) is 10.1. The Morgan fingerprint density at radius 2 is 1.86 bits per heavy atom. The molecule has 29 heavy (non-hydrogen) atoms. The number of fused-ring (bicyclic) bond motifs is 1. The van der Waals surface area contributed by atoms with Crippen LogP contribution in [0, 0.1) is 5.92 Å². The van der Waals surface area contributed by atoms with Crippen molar-refractivity contribution in [3.63, 3.8) is 0 Å². The highest BCUT2D eigenvalue weighted by molar-refractivity contribution is 7.17. The quantitative estimate of drug-likeness (QED) is 0.722. The van der Waals surface area contributed by atoms with Crippen molar-refractivity contribution < 1.29 is 4.79 Å². The first-order valence-corrected chi connectivity index (χ1v) is 12.1. The molecule has 0 bridgehead atoms. The Morgan fingerprint density at radius 3 is 2.59 bits per heavy atom. The van der Waals surface area contributed by atoms with E-state index in [-0.39, 0.29) is 6.03 Å². The maximum atomic E-state index is 11.8. The van der Waals surface area contributed by atoms with Crippen molar-refractivity contribution in [2.75, 3.05) is 33.7 Å². The van der Waals surface area contributed by atoms with Crippen molar-refractivity contribution >= 4 is 27.5 Å². The average Bonchev–Trinajstić information content (AvgIpc) is 3.22. The van der Waals surface area contributed by atoms with E-state index >= 15 is 0 Å². The van der Waals surface area contributed by atoms with Crippen LogP contribution in [-0.2, 0) is 0 Å². The third-order valence-corrected chi connectivity index (χ3v) is 7.95. The van der Waals surface area contributed by atoms with Crippen LogP contribution in [0.2, 0.25) is 0 Å². The number of benzene rings is 1. The van der Waals surface area contributed by atoms with Gasteiger partial charge in [0.25, 0.3) is 0 Å². The summed E-state index contributed by atoms with van der Waals surface area (Å²) in [6, 6.07) is 9.50. The topological polar surface area (TPSA) is 35.6 Å². The van der Waals surface area contributed by atoms with Crippen molar-refractivity contribution in [3.05, 3.63) is 35.2 Å². The normalized spacial score (nSPS) is 23.9. The van der Waals surface area contributed by atoms with Crippen molar-refractivity contribution in [1.82, 2.24) is 15.1 Å². The number of likely N-dealkylation sites (tertiary alicyclic amines) is 1. The molecular formula is C24H35N3OS. The van der Waals surface area contributed by atoms with Gasteiger partial charge in [0, 0.05) is 24.8 Å². The first kappa shape index (κ1) is 20.7. The highest BCUT2D eigenvalue weighted by Gasteiger charge is 2.25. The second kappa shape index (κ2) is 9.48. The molecule has 1 aliphatic carbocycles. The molecule has 1 aromatic heterocycles. The molecule has 2 aromatic rings. The van der Waals surface area contributed by atoms with Gasteiger partial charge in [0.05, 0.1) is 0 Å². The molecule has 2 fully saturated rings. The molecule has 4 nitrogen and oxygen atoms in total. The zero-order chi connectivity index (χ0) is 20.2. The lowest BCUT2D eigenvalue weighted by Gasteiger charge is -2.35. The summed E-state index contributed by atoms with van der Waals surface area (Å²) in [5.74, 6) is 1.56. The van der Waals surface area contributed by atoms with E-state index in [1.165, 1.54) is 61.8 Å². The van der Waals surface area contributed by atoms with Gasteiger partial charge < -0.3 is 15.1 Å². The Labute approximate surface area is 179 Å². The summed E-state index contributed by atoms with van der Waals surface area (Å²) < 4.78 is 1.50. The highest BCUT2D eigenvalue weighted by Crippen LogP contribution is 2.36. The number of piperidine rings is 1. The number of nitrogens with zero attached hydrogens (tertiary/aromatic N) is 2. The molecule has 2 heterocycles. The highest BCUT2D eigenvalue weighted by atomic mass is 32.1. The third kappa shape index (κ3) is 5.13. The molecule has 158 valence electrons. The van der Waals surface area contributed by atoms with Gasteiger partial charge in [-0.15, -0.1) is 11.3 Å². The first-order valence-electron chi connectivity index (χ1n) is 11.3. The molecule has 1 saturated heterocycles. The fraction of sp³-hybridized carbons (Fsp3) is 0.625. The van der Waals surface area contributed by atoms with Gasteiger partial charge in [-0.1, -0.05) is 18.2 Å². The third-order valence-electron chi connectivity index (χ3n) is 6.97. The van der Waals surface area contributed by atoms with Crippen LogP contribution in [0.15, 0.2) is 29.6 Å². The number of rotatable bonds is 5. The minimum Gasteiger partial charge on any atom is -0.335 e. The minimum absolute atomic E-state index is 0.0505. The van der Waals surface area contributed by atoms with Gasteiger partial charge in [0.1, 0.15) is 0 Å². The summed E-state index contributed by atoms with van der Waals surface area (Å²) in [5, 5.41) is 6.79. The van der Waals surface area contributed by atoms with Gasteiger partial charge in [0.2, 0.25) is 0 Å². The number of thiophene rings is 1. The zero-order valence-electron chi connectivity index (χ0n) is 17.9. The number of amides is 2. The lowest BCUT2D eigenvalue weighted by Crippen LogP contribution is -2.43. The molecule has 1 aromatic carbocycles. The van der Waals surface area contributed by atoms with E-state index in [2.05, 4.69) is 39.9 Å². The van der Waals surface area contributed by atoms with E-state index in [9.17, 15) is 4.79 Å². The van der Waals surface area contributed by atoms with E-state index in [1.54, 1.807) is 10.5 Å². The van der Waals surface area contributed by atoms with Crippen LogP contribution in [0.5, 0.6) is 0 Å². The number of hydrogen-bond acceptors (Lipinski definition) is 3. The van der Waals surface area contributed by atoms with Crippen LogP contribution in [0.3, 0.4) is 0 Å². The molecule has 1 N–H and O–H groups in total. The number of hydrogen-bond donors (Lipinski definition) is 1. The average molecular weight is 414 g/mol. The molecule has 0 radical (unpaired) electrons. The molecule has 2 aliphatic rings. The fourth-order valence-electron chi connectivity index (χ4n) is 5.07. The molecular weight excluding hydrogens is 378 g/mol. The summed E-state index contributed by atoms with van der Waals surface area (Å²) >= 11 is 1.90. The summed E-state index contributed by atoms with van der Waals surface area (Å²) in [5.41, 5.74) is 1.58. The van der Waals surface area contributed by atoms with E-state index in [0.717, 1.165) is 24.7 Å². The molecule has 1 saturated carbocycles. The Bertz CT molecular complexity index is 801. The van der Waals surface area contributed by atoms with Gasteiger partial charge in [-0.3, -0.25) is 0 Å². The van der Waals surface area contributed by atoms with Gasteiger partial charge in [0.15, 0.2) is 0 Å². The summed E-state index contributed by atoms with van der Waals surface area (Å²) in [6.07, 6.45) is 8.69. The maximum Gasteiger partial charge on any atom is 0.317 e. The van der Waals surface area contributed by atoms with Crippen LogP contribution in [0.4, 0.5) is 4.79 Å². The molecule has 0 atom stereocenters. The SMILES string of the molecule is CN(C)C(=O)NC1CCC(CCN2CCC(c3cccc4ccsc34)CC2)CC1. The predicted molar refractivity (Wildman–Crippen MR) is 123 cm³/mol. The Hall–Kier alpha value is -1.59. The van der Waals surface area contributed by atoms with Crippen molar-refractivity contribution in [2.24, 2.45) is 5.92 Å². The van der Waals surface area contributed by atoms with E-state index in [0.29, 0.717) is 6.04 Å². The molecule has 0 unspecified atom stereocenters. The Kier molecular flexibility index (Phi) is 6.76. The Morgan fingerprint density at radius 1 is 1.10 bits per heavy atom. The molecule has 0 spiro atoms. The second-order valence-electron chi connectivity index (χ2n) is 9.15. The fourth-order valence-corrected chi connectivity index (χ4v) is 6.06. The van der Waals surface area contributed by atoms with Crippen molar-refractivity contribution in [2.45, 2.75) is 56.9 Å². The first-order chi connectivity index (χ1) is 14.1.